The normalized spacial score (nSPS) is 11.5. The molecule has 1 amide bonds. The average molecular weight is 432 g/mol. The zero-order valence-corrected chi connectivity index (χ0v) is 19.9. The van der Waals surface area contributed by atoms with E-state index in [2.05, 4.69) is 49.5 Å². The maximum Gasteiger partial charge on any atom is 0.257 e. The number of nitrogens with one attached hydrogen (secondary N) is 2. The fourth-order valence-electron chi connectivity index (χ4n) is 3.94. The van der Waals surface area contributed by atoms with Crippen molar-refractivity contribution in [3.63, 3.8) is 0 Å². The summed E-state index contributed by atoms with van der Waals surface area (Å²) in [5.41, 5.74) is 8.27. The predicted molar refractivity (Wildman–Crippen MR) is 132 cm³/mol. The Bertz CT molecular complexity index is 1120. The van der Waals surface area contributed by atoms with Gasteiger partial charge in [-0.05, 0) is 88.9 Å². The Morgan fingerprint density at radius 3 is 2.34 bits per heavy atom. The van der Waals surface area contributed by atoms with Gasteiger partial charge in [0.25, 0.3) is 5.91 Å². The van der Waals surface area contributed by atoms with Gasteiger partial charge >= 0.3 is 0 Å². The summed E-state index contributed by atoms with van der Waals surface area (Å²) in [7, 11) is 0. The third-order valence-electron chi connectivity index (χ3n) is 5.46. The van der Waals surface area contributed by atoms with Crippen molar-refractivity contribution in [3.8, 4) is 0 Å². The molecular weight excluding hydrogens is 398 g/mol. The molecule has 6 nitrogen and oxygen atoms in total. The summed E-state index contributed by atoms with van der Waals surface area (Å²) in [5.74, 6) is 0.259. The van der Waals surface area contributed by atoms with Gasteiger partial charge < -0.3 is 5.32 Å². The number of anilines is 1. The molecular formula is C26H33N5O. The van der Waals surface area contributed by atoms with Crippen LogP contribution in [0, 0.1) is 34.6 Å². The van der Waals surface area contributed by atoms with Gasteiger partial charge in [0, 0.05) is 30.0 Å². The molecule has 32 heavy (non-hydrogen) atoms. The van der Waals surface area contributed by atoms with E-state index in [1.165, 1.54) is 11.3 Å². The lowest BCUT2D eigenvalue weighted by molar-refractivity contribution is 0.0977. The molecule has 0 radical (unpaired) electrons. The molecule has 0 fully saturated rings. The molecule has 3 aromatic rings. The van der Waals surface area contributed by atoms with Gasteiger partial charge in [0.2, 0.25) is 5.96 Å². The monoisotopic (exact) mass is 431 g/mol. The molecule has 0 aliphatic rings. The number of hydrogen-bond donors (Lipinski definition) is 2. The Morgan fingerprint density at radius 1 is 1.00 bits per heavy atom. The van der Waals surface area contributed by atoms with E-state index in [1.54, 1.807) is 0 Å². The van der Waals surface area contributed by atoms with Gasteiger partial charge in [-0.1, -0.05) is 23.8 Å². The second-order valence-corrected chi connectivity index (χ2v) is 8.27. The second kappa shape index (κ2) is 10.3. The van der Waals surface area contributed by atoms with Crippen LogP contribution in [0.2, 0.25) is 0 Å². The van der Waals surface area contributed by atoms with E-state index >= 15 is 0 Å². The number of aromatic nitrogens is 2. The summed E-state index contributed by atoms with van der Waals surface area (Å²) in [6, 6.07) is 13.7. The Hall–Kier alpha value is -3.41. The van der Waals surface area contributed by atoms with Crippen LogP contribution in [-0.4, -0.2) is 28.2 Å². The SMILES string of the molecule is CCn1nc(C)c(CCN=C(NC(=O)c2cccc(C)c2)Nc2cc(C)cc(C)c2)c1C. The molecule has 168 valence electrons. The number of carbonyl (C=O) groups is 1. The molecule has 0 atom stereocenters. The molecule has 6 heteroatoms. The number of amides is 1. The topological polar surface area (TPSA) is 71.3 Å². The molecule has 0 spiro atoms. The van der Waals surface area contributed by atoms with E-state index in [-0.39, 0.29) is 5.91 Å². The van der Waals surface area contributed by atoms with E-state index in [1.807, 2.05) is 54.9 Å². The van der Waals surface area contributed by atoms with E-state index in [0.717, 1.165) is 41.0 Å². The van der Waals surface area contributed by atoms with Crippen LogP contribution in [0.25, 0.3) is 0 Å². The summed E-state index contributed by atoms with van der Waals surface area (Å²) >= 11 is 0. The van der Waals surface area contributed by atoms with Crippen molar-refractivity contribution in [2.75, 3.05) is 11.9 Å². The fourth-order valence-corrected chi connectivity index (χ4v) is 3.94. The molecule has 3 rings (SSSR count). The van der Waals surface area contributed by atoms with E-state index in [4.69, 9.17) is 4.99 Å². The molecule has 0 unspecified atom stereocenters. The summed E-state index contributed by atoms with van der Waals surface area (Å²) in [6.07, 6.45) is 0.760. The summed E-state index contributed by atoms with van der Waals surface area (Å²) in [6.45, 7) is 13.7. The van der Waals surface area contributed by atoms with E-state index < -0.39 is 0 Å². The largest absolute Gasteiger partial charge is 0.326 e. The molecule has 0 saturated carbocycles. The molecule has 0 bridgehead atoms. The highest BCUT2D eigenvalue weighted by Gasteiger charge is 2.12. The number of aliphatic imine (C=N–C) groups is 1. The van der Waals surface area contributed by atoms with Gasteiger partial charge in [-0.2, -0.15) is 5.10 Å². The Morgan fingerprint density at radius 2 is 1.72 bits per heavy atom. The number of hydrogen-bond acceptors (Lipinski definition) is 3. The van der Waals surface area contributed by atoms with Gasteiger partial charge in [0.05, 0.1) is 5.69 Å². The molecule has 2 aromatic carbocycles. The van der Waals surface area contributed by atoms with E-state index in [9.17, 15) is 4.79 Å². The molecule has 1 aromatic heterocycles. The molecule has 0 aliphatic carbocycles. The zero-order valence-electron chi connectivity index (χ0n) is 19.9. The first-order valence-electron chi connectivity index (χ1n) is 11.1. The van der Waals surface area contributed by atoms with Gasteiger partial charge in [0.1, 0.15) is 0 Å². The van der Waals surface area contributed by atoms with Crippen LogP contribution >= 0.6 is 0 Å². The van der Waals surface area contributed by atoms with Crippen molar-refractivity contribution < 1.29 is 4.79 Å². The zero-order chi connectivity index (χ0) is 23.3. The standard InChI is InChI=1S/C26H33N5O/c1-7-31-21(6)24(20(5)30-31)11-12-27-26(28-23-15-18(3)13-19(4)16-23)29-25(32)22-10-8-9-17(2)14-22/h8-10,13-16H,7,11-12H2,1-6H3,(H2,27,28,29,32). The minimum Gasteiger partial charge on any atom is -0.326 e. The van der Waals surface area contributed by atoms with Crippen molar-refractivity contribution in [3.05, 3.63) is 81.7 Å². The minimum absolute atomic E-state index is 0.185. The van der Waals surface area contributed by atoms with Gasteiger partial charge in [-0.15, -0.1) is 0 Å². The lowest BCUT2D eigenvalue weighted by atomic mass is 10.1. The average Bonchev–Trinajstić information content (AvgIpc) is 3.00. The van der Waals surface area contributed by atoms with Crippen LogP contribution in [0.3, 0.4) is 0 Å². The van der Waals surface area contributed by atoms with Gasteiger partial charge in [0.15, 0.2) is 0 Å². The highest BCUT2D eigenvalue weighted by molar-refractivity contribution is 6.10. The van der Waals surface area contributed by atoms with Gasteiger partial charge in [-0.3, -0.25) is 19.8 Å². The summed E-state index contributed by atoms with van der Waals surface area (Å²) < 4.78 is 2.02. The van der Waals surface area contributed by atoms with Crippen LogP contribution in [-0.2, 0) is 13.0 Å². The van der Waals surface area contributed by atoms with Crippen LogP contribution in [0.5, 0.6) is 0 Å². The van der Waals surface area contributed by atoms with Crippen LogP contribution in [0.1, 0.15) is 50.9 Å². The third-order valence-corrected chi connectivity index (χ3v) is 5.46. The smallest absolute Gasteiger partial charge is 0.257 e. The maximum atomic E-state index is 12.9. The summed E-state index contributed by atoms with van der Waals surface area (Å²) in [4.78, 5) is 17.6. The third kappa shape index (κ3) is 5.84. The Kier molecular flexibility index (Phi) is 7.46. The molecule has 1 heterocycles. The Labute approximate surface area is 190 Å². The number of benzene rings is 2. The minimum atomic E-state index is -0.185. The molecule has 0 aliphatic heterocycles. The lowest BCUT2D eigenvalue weighted by Crippen LogP contribution is -2.36. The Balaban J connectivity index is 1.82. The predicted octanol–water partition coefficient (Wildman–Crippen LogP) is 4.89. The van der Waals surface area contributed by atoms with E-state index in [0.29, 0.717) is 18.1 Å². The number of carbonyl (C=O) groups excluding carboxylic acids is 1. The molecule has 2 N–H and O–H groups in total. The van der Waals surface area contributed by atoms with Crippen molar-refractivity contribution in [2.45, 2.75) is 54.5 Å². The molecule has 0 saturated heterocycles. The lowest BCUT2D eigenvalue weighted by Gasteiger charge is -2.13. The second-order valence-electron chi connectivity index (χ2n) is 8.27. The first-order valence-corrected chi connectivity index (χ1v) is 11.1. The first kappa shape index (κ1) is 23.3. The van der Waals surface area contributed by atoms with Crippen molar-refractivity contribution >= 4 is 17.6 Å². The number of nitrogens with zero attached hydrogens (tertiary/aromatic N) is 3. The van der Waals surface area contributed by atoms with Crippen LogP contribution in [0.15, 0.2) is 47.5 Å². The quantitative estimate of drug-likeness (QED) is 0.431. The first-order chi connectivity index (χ1) is 15.3. The summed E-state index contributed by atoms with van der Waals surface area (Å²) in [5, 5.41) is 10.9. The highest BCUT2D eigenvalue weighted by Crippen LogP contribution is 2.15. The van der Waals surface area contributed by atoms with Crippen molar-refractivity contribution in [1.29, 1.82) is 0 Å². The van der Waals surface area contributed by atoms with Crippen LogP contribution in [0.4, 0.5) is 5.69 Å². The number of aryl methyl sites for hydroxylation is 5. The number of guanidine groups is 1. The fraction of sp³-hybridized carbons (Fsp3) is 0.346. The van der Waals surface area contributed by atoms with Crippen LogP contribution < -0.4 is 10.6 Å². The van der Waals surface area contributed by atoms with Crippen molar-refractivity contribution in [1.82, 2.24) is 15.1 Å². The number of rotatable bonds is 6. The maximum absolute atomic E-state index is 12.9. The van der Waals surface area contributed by atoms with Crippen molar-refractivity contribution in [2.24, 2.45) is 4.99 Å². The highest BCUT2D eigenvalue weighted by atomic mass is 16.1. The van der Waals surface area contributed by atoms with Gasteiger partial charge in [-0.25, -0.2) is 0 Å².